The van der Waals surface area contributed by atoms with E-state index in [1.54, 1.807) is 77.0 Å². The number of esters is 4. The van der Waals surface area contributed by atoms with Crippen molar-refractivity contribution in [2.24, 2.45) is 23.7 Å². The average Bonchev–Trinajstić information content (AvgIpc) is 0.793. The lowest BCUT2D eigenvalue weighted by atomic mass is 9.68. The number of benzene rings is 4. The summed E-state index contributed by atoms with van der Waals surface area (Å²) in [7, 11) is 6.29. The fourth-order valence-electron chi connectivity index (χ4n) is 14.4. The zero-order valence-corrected chi connectivity index (χ0v) is 62.7. The summed E-state index contributed by atoms with van der Waals surface area (Å²) in [5.74, 6) is -1.99. The first-order valence-electron chi connectivity index (χ1n) is 35.0. The van der Waals surface area contributed by atoms with E-state index >= 15 is 0 Å². The van der Waals surface area contributed by atoms with E-state index in [1.807, 2.05) is 60.7 Å². The molecule has 0 aromatic heterocycles. The van der Waals surface area contributed by atoms with E-state index in [0.29, 0.717) is 55.1 Å². The first-order chi connectivity index (χ1) is 52.5. The fourth-order valence-corrected chi connectivity index (χ4v) is 14.4. The van der Waals surface area contributed by atoms with Gasteiger partial charge in [-0.3, -0.25) is 29.0 Å². The summed E-state index contributed by atoms with van der Waals surface area (Å²) in [6.07, 6.45) is 4.36. The lowest BCUT2D eigenvalue weighted by Gasteiger charge is -2.37. The predicted octanol–water partition coefficient (Wildman–Crippen LogP) is 11.4. The average molecular weight is 1510 g/mol. The molecule has 2 saturated carbocycles. The van der Waals surface area contributed by atoms with E-state index in [4.69, 9.17) is 101 Å². The summed E-state index contributed by atoms with van der Waals surface area (Å²) in [5, 5.41) is 58.8. The third-order valence-corrected chi connectivity index (χ3v) is 20.2. The van der Waals surface area contributed by atoms with E-state index < -0.39 is 132 Å². The van der Waals surface area contributed by atoms with Crippen molar-refractivity contribution in [3.63, 3.8) is 0 Å². The van der Waals surface area contributed by atoms with Crippen molar-refractivity contribution >= 4 is 23.9 Å². The number of carbonyl (C=O) groups is 4. The van der Waals surface area contributed by atoms with Gasteiger partial charge in [0.25, 0.3) is 26.3 Å². The minimum Gasteiger partial charge on any atom is -0.497 e. The number of rotatable bonds is 26. The molecule has 0 aliphatic heterocycles. The van der Waals surface area contributed by atoms with E-state index in [1.165, 1.54) is 26.0 Å². The van der Waals surface area contributed by atoms with Crippen LogP contribution in [0.15, 0.2) is 170 Å². The molecule has 0 radical (unpaired) electrons. The van der Waals surface area contributed by atoms with E-state index in [2.05, 4.69) is 65.1 Å². The molecule has 0 saturated heterocycles. The second-order valence-electron chi connectivity index (χ2n) is 26.8. The van der Waals surface area contributed by atoms with Crippen LogP contribution in [0, 0.1) is 76.2 Å². The van der Waals surface area contributed by atoms with E-state index in [-0.39, 0.29) is 67.7 Å². The standard InChI is InChI=1S/C21H25N2O5.C21H23N2O5.C21H25N2O4.C21H23N2O4/c2*1-14(22-2)21(23-3,12-15-5-8-17(27-4)9-6-15)18-11-16(25)7-10-19(18)28-20(26)13-24;2*1-14(22-3)21(23-4,13-16-6-9-18(26-5)10-7-16)19-12-17(25)8-11-20(19)27-15(2)24/h2,5-6,8-9,16,18-19,24-25H,1,7,10-13H2,4H3;2,5-10,16,18-19,24-25H,1,11-13H2,4H3;3,6-7,9-10,17,19-20,25H,1,8,11-13H2,2,5H3;3,6-11,17,19-20,25H,1,12-13H2,2,5H3/q4*+1/t2*16-,18-,19-,21?;2*17-,19-,20-,21?/m0000/s1. The number of carbonyl (C=O) groups excluding carboxylic acids is 4. The highest BCUT2D eigenvalue weighted by Crippen LogP contribution is 2.48. The van der Waals surface area contributed by atoms with Gasteiger partial charge in [-0.15, -0.1) is 0 Å². The summed E-state index contributed by atoms with van der Waals surface area (Å²) >= 11 is 0. The van der Waals surface area contributed by atoms with Crippen molar-refractivity contribution in [2.75, 3.05) is 41.7 Å². The Hall–Kier alpha value is -11.9. The highest BCUT2D eigenvalue weighted by molar-refractivity contribution is 5.71. The molecule has 0 spiro atoms. The quantitative estimate of drug-likeness (QED) is 0.0147. The molecule has 6 N–H and O–H groups in total. The van der Waals surface area contributed by atoms with E-state index in [0.717, 1.165) is 22.3 Å². The molecule has 8 rings (SSSR count). The summed E-state index contributed by atoms with van der Waals surface area (Å²) in [6, 6.07) is 29.0. The van der Waals surface area contributed by atoms with Gasteiger partial charge >= 0.3 is 68.8 Å². The molecule has 0 bridgehead atoms. The van der Waals surface area contributed by atoms with Crippen LogP contribution < -0.4 is 18.9 Å². The summed E-state index contributed by atoms with van der Waals surface area (Å²) in [4.78, 5) is 76.7. The first-order valence-corrected chi connectivity index (χ1v) is 35.0. The summed E-state index contributed by atoms with van der Waals surface area (Å²) < 4.78 is 42.3. The first kappa shape index (κ1) is 88.7. The van der Waals surface area contributed by atoms with Crippen molar-refractivity contribution in [1.29, 1.82) is 0 Å². The Kier molecular flexibility index (Phi) is 33.9. The van der Waals surface area contributed by atoms with Gasteiger partial charge in [0, 0.05) is 13.8 Å². The number of hydrogen-bond donors (Lipinski definition) is 6. The normalized spacial score (nSPS) is 23.5. The van der Waals surface area contributed by atoms with Crippen LogP contribution in [0.5, 0.6) is 23.0 Å². The largest absolute Gasteiger partial charge is 0.497 e. The predicted molar refractivity (Wildman–Crippen MR) is 412 cm³/mol. The van der Waals surface area contributed by atoms with Crippen LogP contribution in [0.2, 0.25) is 0 Å². The second kappa shape index (κ2) is 42.0. The van der Waals surface area contributed by atoms with Crippen molar-refractivity contribution in [2.45, 2.75) is 162 Å². The van der Waals surface area contributed by atoms with Gasteiger partial charge in [0.05, 0.1) is 102 Å². The zero-order chi connectivity index (χ0) is 81.5. The number of aliphatic hydroxyl groups is 6. The molecule has 0 heterocycles. The maximum atomic E-state index is 11.7. The molecule has 0 amide bonds. The summed E-state index contributed by atoms with van der Waals surface area (Å²) in [5.41, 5.74) is -1.12. The SMILES string of the molecule is [C-]#[N+]C(Cc1ccc(OC)cc1)(C(=C)[N+]#C)[C@H]1C[C@@H](O)C=C[C@@H]1OC(=O)CO.[C-]#[N+]C(Cc1ccc(OC)cc1)(C(=C)[N+]#C)[C@H]1C[C@@H](O)C=C[C@@H]1OC(C)=O.[C-]#[N+]C(Cc1ccc(OC)cc1)(C(=C)[N+]#C)[C@H]1C[C@@H](O)CC[C@@H]1OC(=O)CO.[C-]#[N+]C(Cc1ccc(OC)cc1)(C(=C)[N+]#C)[C@H]1C[C@@H](O)CC[C@@H]1OC(C)=O. The molecule has 4 aliphatic rings. The Bertz CT molecular complexity index is 4320. The molecule has 26 nitrogen and oxygen atoms in total. The van der Waals surface area contributed by atoms with Gasteiger partial charge in [0.1, 0.15) is 60.6 Å². The molecule has 26 heteroatoms. The molecule has 576 valence electrons. The van der Waals surface area contributed by atoms with Crippen LogP contribution in [0.4, 0.5) is 0 Å². The van der Waals surface area contributed by atoms with Crippen LogP contribution in [0.3, 0.4) is 0 Å². The minimum atomic E-state index is -1.35. The number of hydrogen-bond acceptors (Lipinski definition) is 18. The highest BCUT2D eigenvalue weighted by Gasteiger charge is 2.63. The van der Waals surface area contributed by atoms with Crippen molar-refractivity contribution in [3.8, 4) is 49.3 Å². The summed E-state index contributed by atoms with van der Waals surface area (Å²) in [6.45, 7) is 70.3. The topological polar surface area (TPSA) is 298 Å². The van der Waals surface area contributed by atoms with E-state index in [9.17, 15) is 39.6 Å². The smallest absolute Gasteiger partial charge is 0.394 e. The minimum absolute atomic E-state index is 0.121. The third kappa shape index (κ3) is 22.6. The van der Waals surface area contributed by atoms with Crippen molar-refractivity contribution in [1.82, 2.24) is 0 Å². The maximum Gasteiger partial charge on any atom is 0.394 e. The van der Waals surface area contributed by atoms with Crippen LogP contribution in [-0.4, -0.2) is 167 Å². The van der Waals surface area contributed by atoms with Crippen molar-refractivity contribution in [3.05, 3.63) is 258 Å². The molecule has 110 heavy (non-hydrogen) atoms. The number of ether oxygens (including phenoxy) is 8. The third-order valence-electron chi connectivity index (χ3n) is 20.2. The monoisotopic (exact) mass is 1500 g/mol. The van der Waals surface area contributed by atoms with Gasteiger partial charge in [0.2, 0.25) is 0 Å². The Morgan fingerprint density at radius 1 is 0.400 bits per heavy atom. The Balaban J connectivity index is 0.000000263. The molecule has 4 unspecified atom stereocenters. The number of aliphatic hydroxyl groups excluding tert-OH is 6. The Morgan fingerprint density at radius 3 is 0.918 bits per heavy atom. The van der Waals surface area contributed by atoms with Crippen molar-refractivity contribution < 1.29 is 87.7 Å². The maximum absolute atomic E-state index is 11.7. The van der Waals surface area contributed by atoms with Gasteiger partial charge < -0.3 is 68.5 Å². The lowest BCUT2D eigenvalue weighted by molar-refractivity contribution is -0.160. The van der Waals surface area contributed by atoms with Crippen LogP contribution in [0.1, 0.15) is 87.5 Å². The Labute approximate surface area is 642 Å². The van der Waals surface area contributed by atoms with Gasteiger partial charge in [-0.1, -0.05) is 60.7 Å². The molecular formula is C84H96N8O18+4. The zero-order valence-electron chi connectivity index (χ0n) is 62.7. The van der Waals surface area contributed by atoms with Gasteiger partial charge in [-0.05, 0) is 180 Å². The number of nitrogens with zero attached hydrogens (tertiary/aromatic N) is 8. The number of methoxy groups -OCH3 is 4. The molecule has 2 fully saturated rings. The van der Waals surface area contributed by atoms with Gasteiger partial charge in [0.15, 0.2) is 0 Å². The van der Waals surface area contributed by atoms with Gasteiger partial charge in [-0.25, -0.2) is 35.9 Å². The molecule has 4 aromatic carbocycles. The molecular weight excluding hydrogens is 1410 g/mol. The highest BCUT2D eigenvalue weighted by atomic mass is 16.6. The molecule has 4 aromatic rings. The molecule has 4 aliphatic carbocycles. The second-order valence-corrected chi connectivity index (χ2v) is 26.8. The van der Waals surface area contributed by atoms with Crippen LogP contribution >= 0.6 is 0 Å². The van der Waals surface area contributed by atoms with Crippen LogP contribution in [0.25, 0.3) is 38.8 Å². The lowest BCUT2D eigenvalue weighted by Crippen LogP contribution is -2.50. The fraction of sp³-hybridized carbons (Fsp3) is 0.429. The molecule has 16 atom stereocenters. The van der Waals surface area contributed by atoms with Gasteiger partial charge in [-0.2, -0.15) is 0 Å². The van der Waals surface area contributed by atoms with Crippen LogP contribution in [-0.2, 0) is 63.8 Å². The Morgan fingerprint density at radius 2 is 0.664 bits per heavy atom.